The summed E-state index contributed by atoms with van der Waals surface area (Å²) in [7, 11) is 0. The fraction of sp³-hybridized carbons (Fsp3) is 1.00. The second-order valence-electron chi connectivity index (χ2n) is 4.70. The molecule has 0 amide bonds. The lowest BCUT2D eigenvalue weighted by molar-refractivity contribution is -0.0140. The Labute approximate surface area is 99.9 Å². The molecule has 1 heterocycles. The topological polar surface area (TPSA) is 30.5 Å². The Hall–Kier alpha value is -0.120. The van der Waals surface area contributed by atoms with Crippen molar-refractivity contribution in [1.82, 2.24) is 5.32 Å². The van der Waals surface area contributed by atoms with Gasteiger partial charge in [-0.05, 0) is 32.6 Å². The van der Waals surface area contributed by atoms with Gasteiger partial charge in [0, 0.05) is 19.2 Å². The van der Waals surface area contributed by atoms with Crippen molar-refractivity contribution < 1.29 is 9.47 Å². The van der Waals surface area contributed by atoms with Crippen LogP contribution in [0.15, 0.2) is 0 Å². The summed E-state index contributed by atoms with van der Waals surface area (Å²) in [4.78, 5) is 0. The van der Waals surface area contributed by atoms with E-state index in [1.165, 1.54) is 19.3 Å². The number of ether oxygens (including phenoxy) is 2. The Morgan fingerprint density at radius 1 is 1.38 bits per heavy atom. The summed E-state index contributed by atoms with van der Waals surface area (Å²) < 4.78 is 11.3. The molecule has 0 saturated carbocycles. The van der Waals surface area contributed by atoms with E-state index >= 15 is 0 Å². The molecule has 0 aliphatic carbocycles. The highest BCUT2D eigenvalue weighted by atomic mass is 16.5. The quantitative estimate of drug-likeness (QED) is 0.693. The average molecular weight is 229 g/mol. The van der Waals surface area contributed by atoms with E-state index in [1.807, 2.05) is 0 Å². The van der Waals surface area contributed by atoms with Crippen molar-refractivity contribution in [3.05, 3.63) is 0 Å². The minimum Gasteiger partial charge on any atom is -0.376 e. The first-order valence-corrected chi connectivity index (χ1v) is 6.72. The average Bonchev–Trinajstić information content (AvgIpc) is 2.80. The second-order valence-corrected chi connectivity index (χ2v) is 4.70. The van der Waals surface area contributed by atoms with Gasteiger partial charge in [-0.1, -0.05) is 13.8 Å². The maximum atomic E-state index is 5.78. The molecule has 0 spiro atoms. The van der Waals surface area contributed by atoms with Crippen LogP contribution in [-0.4, -0.2) is 38.0 Å². The fourth-order valence-corrected chi connectivity index (χ4v) is 2.02. The van der Waals surface area contributed by atoms with E-state index < -0.39 is 0 Å². The van der Waals surface area contributed by atoms with Gasteiger partial charge in [0.2, 0.25) is 0 Å². The molecule has 3 nitrogen and oxygen atoms in total. The molecule has 2 unspecified atom stereocenters. The van der Waals surface area contributed by atoms with Gasteiger partial charge in [-0.3, -0.25) is 0 Å². The molecule has 1 N–H and O–H groups in total. The number of rotatable bonds is 8. The predicted octanol–water partition coefficient (Wildman–Crippen LogP) is 2.35. The van der Waals surface area contributed by atoms with Crippen LogP contribution in [-0.2, 0) is 9.47 Å². The van der Waals surface area contributed by atoms with Gasteiger partial charge in [0.1, 0.15) is 0 Å². The lowest BCUT2D eigenvalue weighted by Crippen LogP contribution is -2.35. The van der Waals surface area contributed by atoms with E-state index in [-0.39, 0.29) is 6.10 Å². The first-order valence-electron chi connectivity index (χ1n) is 6.72. The Balaban J connectivity index is 2.03. The van der Waals surface area contributed by atoms with E-state index in [1.54, 1.807) is 0 Å². The molecule has 1 saturated heterocycles. The number of nitrogens with one attached hydrogen (secondary N) is 1. The minimum absolute atomic E-state index is 0.282. The number of hydrogen-bond donors (Lipinski definition) is 1. The Morgan fingerprint density at radius 3 is 2.69 bits per heavy atom. The minimum atomic E-state index is 0.282. The molecule has 0 bridgehead atoms. The molecular formula is C13H27NO2. The first kappa shape index (κ1) is 13.9. The van der Waals surface area contributed by atoms with Gasteiger partial charge in [0.25, 0.3) is 0 Å². The van der Waals surface area contributed by atoms with Gasteiger partial charge < -0.3 is 14.8 Å². The molecule has 16 heavy (non-hydrogen) atoms. The standard InChI is InChI=1S/C13H27NO2/c1-4-12(5-2)14-9-11(3)16-10-13-7-6-8-15-13/h11-14H,4-10H2,1-3H3. The lowest BCUT2D eigenvalue weighted by atomic mass is 10.1. The summed E-state index contributed by atoms with van der Waals surface area (Å²) in [6.45, 7) is 9.18. The lowest BCUT2D eigenvalue weighted by Gasteiger charge is -2.20. The summed E-state index contributed by atoms with van der Waals surface area (Å²) in [5.74, 6) is 0. The molecule has 0 aromatic carbocycles. The van der Waals surface area contributed by atoms with Crippen LogP contribution in [0.1, 0.15) is 46.5 Å². The van der Waals surface area contributed by atoms with Crippen LogP contribution in [0, 0.1) is 0 Å². The van der Waals surface area contributed by atoms with Gasteiger partial charge in [0.15, 0.2) is 0 Å². The zero-order chi connectivity index (χ0) is 11.8. The van der Waals surface area contributed by atoms with Crippen molar-refractivity contribution in [3.8, 4) is 0 Å². The SMILES string of the molecule is CCC(CC)NCC(C)OCC1CCCO1. The molecule has 0 radical (unpaired) electrons. The molecule has 1 aliphatic rings. The van der Waals surface area contributed by atoms with Gasteiger partial charge in [-0.15, -0.1) is 0 Å². The van der Waals surface area contributed by atoms with E-state index in [9.17, 15) is 0 Å². The monoisotopic (exact) mass is 229 g/mol. The third kappa shape index (κ3) is 5.28. The Bertz CT molecular complexity index is 159. The zero-order valence-corrected chi connectivity index (χ0v) is 11.0. The summed E-state index contributed by atoms with van der Waals surface area (Å²) >= 11 is 0. The van der Waals surface area contributed by atoms with Gasteiger partial charge in [0.05, 0.1) is 18.8 Å². The first-order chi connectivity index (χ1) is 7.76. The molecule has 1 rings (SSSR count). The fourth-order valence-electron chi connectivity index (χ4n) is 2.02. The Kier molecular flexibility index (Phi) is 7.01. The maximum absolute atomic E-state index is 5.78. The van der Waals surface area contributed by atoms with E-state index in [0.29, 0.717) is 12.1 Å². The summed E-state index contributed by atoms with van der Waals surface area (Å²) in [6, 6.07) is 0.633. The van der Waals surface area contributed by atoms with Crippen LogP contribution in [0.25, 0.3) is 0 Å². The molecule has 3 heteroatoms. The molecular weight excluding hydrogens is 202 g/mol. The van der Waals surface area contributed by atoms with Crippen LogP contribution in [0.2, 0.25) is 0 Å². The molecule has 96 valence electrons. The van der Waals surface area contributed by atoms with Crippen LogP contribution in [0.5, 0.6) is 0 Å². The van der Waals surface area contributed by atoms with Crippen molar-refractivity contribution in [2.24, 2.45) is 0 Å². The van der Waals surface area contributed by atoms with Crippen molar-refractivity contribution in [2.75, 3.05) is 19.8 Å². The largest absolute Gasteiger partial charge is 0.376 e. The van der Waals surface area contributed by atoms with E-state index in [2.05, 4.69) is 26.1 Å². The van der Waals surface area contributed by atoms with Gasteiger partial charge in [-0.2, -0.15) is 0 Å². The van der Waals surface area contributed by atoms with E-state index in [4.69, 9.17) is 9.47 Å². The molecule has 1 aliphatic heterocycles. The third-order valence-corrected chi connectivity index (χ3v) is 3.27. The summed E-state index contributed by atoms with van der Waals surface area (Å²) in [6.07, 6.45) is 5.35. The van der Waals surface area contributed by atoms with Crippen molar-refractivity contribution in [1.29, 1.82) is 0 Å². The molecule has 1 fully saturated rings. The van der Waals surface area contributed by atoms with Crippen LogP contribution in [0.4, 0.5) is 0 Å². The summed E-state index contributed by atoms with van der Waals surface area (Å²) in [5.41, 5.74) is 0. The normalized spacial score (nSPS) is 22.9. The van der Waals surface area contributed by atoms with Crippen molar-refractivity contribution in [3.63, 3.8) is 0 Å². The highest BCUT2D eigenvalue weighted by Crippen LogP contribution is 2.12. The van der Waals surface area contributed by atoms with Crippen molar-refractivity contribution in [2.45, 2.75) is 64.7 Å². The predicted molar refractivity (Wildman–Crippen MR) is 66.8 cm³/mol. The third-order valence-electron chi connectivity index (χ3n) is 3.27. The van der Waals surface area contributed by atoms with Crippen LogP contribution in [0.3, 0.4) is 0 Å². The number of hydrogen-bond acceptors (Lipinski definition) is 3. The van der Waals surface area contributed by atoms with Crippen molar-refractivity contribution >= 4 is 0 Å². The maximum Gasteiger partial charge on any atom is 0.0809 e. The zero-order valence-electron chi connectivity index (χ0n) is 11.0. The summed E-state index contributed by atoms with van der Waals surface area (Å²) in [5, 5.41) is 3.53. The Morgan fingerprint density at radius 2 is 2.12 bits per heavy atom. The highest BCUT2D eigenvalue weighted by Gasteiger charge is 2.16. The second kappa shape index (κ2) is 8.04. The van der Waals surface area contributed by atoms with Gasteiger partial charge >= 0.3 is 0 Å². The highest BCUT2D eigenvalue weighted by molar-refractivity contribution is 4.67. The van der Waals surface area contributed by atoms with Gasteiger partial charge in [-0.25, -0.2) is 0 Å². The smallest absolute Gasteiger partial charge is 0.0809 e. The van der Waals surface area contributed by atoms with Crippen LogP contribution >= 0.6 is 0 Å². The van der Waals surface area contributed by atoms with E-state index in [0.717, 1.165) is 26.2 Å². The van der Waals surface area contributed by atoms with Crippen LogP contribution < -0.4 is 5.32 Å². The molecule has 2 atom stereocenters. The molecule has 0 aromatic rings. The molecule has 0 aromatic heterocycles.